The Labute approximate surface area is 164 Å². The number of hydrogen-bond acceptors (Lipinski definition) is 4. The van der Waals surface area contributed by atoms with Crippen LogP contribution in [0, 0.1) is 24.7 Å². The van der Waals surface area contributed by atoms with Gasteiger partial charge in [-0.25, -0.2) is 9.69 Å². The van der Waals surface area contributed by atoms with Gasteiger partial charge >= 0.3 is 17.8 Å². The molecule has 5 amide bonds. The van der Waals surface area contributed by atoms with Gasteiger partial charge in [0.15, 0.2) is 0 Å². The van der Waals surface area contributed by atoms with Crippen LogP contribution in [0.3, 0.4) is 0 Å². The summed E-state index contributed by atoms with van der Waals surface area (Å²) in [5, 5.41) is 2.67. The van der Waals surface area contributed by atoms with Gasteiger partial charge in [-0.1, -0.05) is 18.6 Å². The Kier molecular flexibility index (Phi) is 4.69. The minimum atomic E-state index is -0.917. The summed E-state index contributed by atoms with van der Waals surface area (Å²) in [6.45, 7) is 3.29. The van der Waals surface area contributed by atoms with E-state index in [1.807, 2.05) is 19.9 Å². The lowest BCUT2D eigenvalue weighted by Crippen LogP contribution is -2.45. The number of imide groups is 2. The molecule has 0 radical (unpaired) electrons. The fourth-order valence-corrected chi connectivity index (χ4v) is 5.16. The van der Waals surface area contributed by atoms with Gasteiger partial charge in [0.2, 0.25) is 5.91 Å². The highest BCUT2D eigenvalue weighted by Crippen LogP contribution is 2.50. The molecular formula is C21H25N3O4. The lowest BCUT2D eigenvalue weighted by Gasteiger charge is -2.32. The zero-order valence-corrected chi connectivity index (χ0v) is 16.2. The predicted molar refractivity (Wildman–Crippen MR) is 102 cm³/mol. The highest BCUT2D eigenvalue weighted by Gasteiger charge is 2.52. The summed E-state index contributed by atoms with van der Waals surface area (Å²) in [6.07, 6.45) is 4.51. The second-order valence-electron chi connectivity index (χ2n) is 8.35. The van der Waals surface area contributed by atoms with Crippen LogP contribution >= 0.6 is 0 Å². The van der Waals surface area contributed by atoms with E-state index in [2.05, 4.69) is 5.32 Å². The van der Waals surface area contributed by atoms with Crippen molar-refractivity contribution in [3.63, 3.8) is 0 Å². The van der Waals surface area contributed by atoms with Gasteiger partial charge in [-0.2, -0.15) is 0 Å². The molecular weight excluding hydrogens is 358 g/mol. The van der Waals surface area contributed by atoms with Gasteiger partial charge in [0.1, 0.15) is 6.54 Å². The lowest BCUT2D eigenvalue weighted by atomic mass is 9.83. The third-order valence-electron chi connectivity index (χ3n) is 6.51. The van der Waals surface area contributed by atoms with Crippen LogP contribution in [0.25, 0.3) is 0 Å². The van der Waals surface area contributed by atoms with Gasteiger partial charge in [-0.15, -0.1) is 0 Å². The van der Waals surface area contributed by atoms with Crippen LogP contribution in [0.5, 0.6) is 0 Å². The number of nitrogens with one attached hydrogen (secondary N) is 1. The molecule has 7 heteroatoms. The van der Waals surface area contributed by atoms with Gasteiger partial charge in [0, 0.05) is 11.7 Å². The van der Waals surface area contributed by atoms with E-state index < -0.39 is 30.3 Å². The molecule has 7 nitrogen and oxygen atoms in total. The number of rotatable bonds is 5. The monoisotopic (exact) mass is 383 g/mol. The predicted octanol–water partition coefficient (Wildman–Crippen LogP) is 2.55. The highest BCUT2D eigenvalue weighted by atomic mass is 16.2. The SMILES string of the molecule is Cc1cccc(NC(=O)CN2C(=O)C(=O)N([C@H](C)[C@H]3C[C@H]4CC[C@H]3C4)C2=O)c1. The number of hydrogen-bond donors (Lipinski definition) is 1. The van der Waals surface area contributed by atoms with Gasteiger partial charge in [-0.05, 0) is 68.6 Å². The normalized spacial score (nSPS) is 27.6. The van der Waals surface area contributed by atoms with Crippen molar-refractivity contribution >= 4 is 29.4 Å². The number of benzene rings is 1. The first kappa shape index (κ1) is 18.7. The van der Waals surface area contributed by atoms with Crippen molar-refractivity contribution in [3.8, 4) is 0 Å². The summed E-state index contributed by atoms with van der Waals surface area (Å²) in [4.78, 5) is 51.8. The maximum atomic E-state index is 12.8. The summed E-state index contributed by atoms with van der Waals surface area (Å²) in [5.41, 5.74) is 1.56. The fraction of sp³-hybridized carbons (Fsp3) is 0.524. The van der Waals surface area contributed by atoms with E-state index in [4.69, 9.17) is 0 Å². The Morgan fingerprint density at radius 2 is 1.96 bits per heavy atom. The topological polar surface area (TPSA) is 86.8 Å². The molecule has 2 aliphatic carbocycles. The van der Waals surface area contributed by atoms with E-state index in [9.17, 15) is 19.2 Å². The average Bonchev–Trinajstić information content (AvgIpc) is 3.33. The zero-order chi connectivity index (χ0) is 20.0. The van der Waals surface area contributed by atoms with E-state index in [1.165, 1.54) is 6.42 Å². The lowest BCUT2D eigenvalue weighted by molar-refractivity contribution is -0.144. The van der Waals surface area contributed by atoms with Crippen LogP contribution in [-0.4, -0.2) is 46.1 Å². The Hall–Kier alpha value is -2.70. The van der Waals surface area contributed by atoms with E-state index in [0.29, 0.717) is 17.5 Å². The number of anilines is 1. The number of carbonyl (C=O) groups excluding carboxylic acids is 4. The molecule has 0 aromatic heterocycles. The van der Waals surface area contributed by atoms with E-state index >= 15 is 0 Å². The van der Waals surface area contributed by atoms with Crippen LogP contribution < -0.4 is 5.32 Å². The smallest absolute Gasteiger partial charge is 0.325 e. The maximum Gasteiger partial charge on any atom is 0.334 e. The van der Waals surface area contributed by atoms with Crippen molar-refractivity contribution in [2.24, 2.45) is 17.8 Å². The van der Waals surface area contributed by atoms with Crippen molar-refractivity contribution < 1.29 is 19.2 Å². The molecule has 4 atom stereocenters. The molecule has 4 rings (SSSR count). The summed E-state index contributed by atoms with van der Waals surface area (Å²) in [7, 11) is 0. The van der Waals surface area contributed by atoms with E-state index in [0.717, 1.165) is 34.6 Å². The summed E-state index contributed by atoms with van der Waals surface area (Å²) in [5.74, 6) is -0.787. The molecule has 3 fully saturated rings. The molecule has 1 N–H and O–H groups in total. The Morgan fingerprint density at radius 1 is 1.18 bits per heavy atom. The molecule has 148 valence electrons. The number of amides is 5. The Morgan fingerprint density at radius 3 is 2.61 bits per heavy atom. The molecule has 28 heavy (non-hydrogen) atoms. The molecule has 1 saturated heterocycles. The fourth-order valence-electron chi connectivity index (χ4n) is 5.16. The Bertz CT molecular complexity index is 852. The maximum absolute atomic E-state index is 12.8. The minimum absolute atomic E-state index is 0.250. The summed E-state index contributed by atoms with van der Waals surface area (Å²) in [6, 6.07) is 6.23. The second-order valence-corrected chi connectivity index (χ2v) is 8.35. The van der Waals surface area contributed by atoms with E-state index in [1.54, 1.807) is 18.2 Å². The van der Waals surface area contributed by atoms with Crippen molar-refractivity contribution in [3.05, 3.63) is 29.8 Å². The molecule has 0 spiro atoms. The van der Waals surface area contributed by atoms with Gasteiger partial charge in [0.25, 0.3) is 0 Å². The number of urea groups is 1. The minimum Gasteiger partial charge on any atom is -0.325 e. The molecule has 1 aliphatic heterocycles. The quantitative estimate of drug-likeness (QED) is 0.625. The molecule has 0 unspecified atom stereocenters. The standard InChI is InChI=1S/C21H25N3O4/c1-12-4-3-5-16(8-12)22-18(25)11-23-19(26)20(27)24(21(23)28)13(2)17-10-14-6-7-15(17)9-14/h3-5,8,13-15,17H,6-7,9-11H2,1-2H3,(H,22,25)/t13-,14+,15+,17-/m1/s1. The number of carbonyl (C=O) groups is 4. The van der Waals surface area contributed by atoms with E-state index in [-0.39, 0.29) is 12.0 Å². The van der Waals surface area contributed by atoms with Crippen LogP contribution in [0.15, 0.2) is 24.3 Å². The molecule has 1 aromatic rings. The van der Waals surface area contributed by atoms with Gasteiger partial charge in [-0.3, -0.25) is 19.3 Å². The first-order valence-electron chi connectivity index (χ1n) is 9.90. The molecule has 3 aliphatic rings. The number of aryl methyl sites for hydroxylation is 1. The second kappa shape index (κ2) is 7.04. The number of nitrogens with zero attached hydrogens (tertiary/aromatic N) is 2. The van der Waals surface area contributed by atoms with Crippen molar-refractivity contribution in [1.82, 2.24) is 9.80 Å². The van der Waals surface area contributed by atoms with Gasteiger partial charge < -0.3 is 5.32 Å². The molecule has 1 aromatic carbocycles. The van der Waals surface area contributed by atoms with Crippen LogP contribution in [-0.2, 0) is 14.4 Å². The summed E-state index contributed by atoms with van der Waals surface area (Å²) < 4.78 is 0. The van der Waals surface area contributed by atoms with Crippen LogP contribution in [0.4, 0.5) is 10.5 Å². The van der Waals surface area contributed by atoms with Crippen LogP contribution in [0.2, 0.25) is 0 Å². The average molecular weight is 383 g/mol. The van der Waals surface area contributed by atoms with Crippen molar-refractivity contribution in [2.45, 2.75) is 45.6 Å². The zero-order valence-electron chi connectivity index (χ0n) is 16.2. The molecule has 2 bridgehead atoms. The largest absolute Gasteiger partial charge is 0.334 e. The molecule has 2 saturated carbocycles. The van der Waals surface area contributed by atoms with Crippen molar-refractivity contribution in [2.75, 3.05) is 11.9 Å². The number of fused-ring (bicyclic) bond motifs is 2. The first-order valence-corrected chi connectivity index (χ1v) is 9.90. The van der Waals surface area contributed by atoms with Crippen molar-refractivity contribution in [1.29, 1.82) is 0 Å². The highest BCUT2D eigenvalue weighted by molar-refractivity contribution is 6.45. The van der Waals surface area contributed by atoms with Gasteiger partial charge in [0.05, 0.1) is 0 Å². The first-order chi connectivity index (χ1) is 13.3. The third kappa shape index (κ3) is 3.19. The molecule has 1 heterocycles. The summed E-state index contributed by atoms with van der Waals surface area (Å²) >= 11 is 0. The van der Waals surface area contributed by atoms with Crippen LogP contribution in [0.1, 0.15) is 38.2 Å². The third-order valence-corrected chi connectivity index (χ3v) is 6.51. The Balaban J connectivity index is 1.44.